The van der Waals surface area contributed by atoms with Gasteiger partial charge in [-0.15, -0.1) is 0 Å². The lowest BCUT2D eigenvalue weighted by atomic mass is 10.0. The molecule has 0 spiro atoms. The van der Waals surface area contributed by atoms with E-state index in [0.717, 1.165) is 45.2 Å². The number of ketones is 1. The van der Waals surface area contributed by atoms with E-state index in [4.69, 9.17) is 4.74 Å². The van der Waals surface area contributed by atoms with E-state index in [9.17, 15) is 4.79 Å². The van der Waals surface area contributed by atoms with Crippen molar-refractivity contribution < 1.29 is 9.53 Å². The zero-order valence-corrected chi connectivity index (χ0v) is 17.7. The Hall–Kier alpha value is -1.00. The van der Waals surface area contributed by atoms with Gasteiger partial charge in [0.05, 0.1) is 18.0 Å². The number of anilines is 1. The number of rotatable bonds is 10. The minimum absolute atomic E-state index is 0.292. The van der Waals surface area contributed by atoms with E-state index in [1.54, 1.807) is 11.8 Å². The van der Waals surface area contributed by atoms with E-state index in [0.29, 0.717) is 29.0 Å². The van der Waals surface area contributed by atoms with Gasteiger partial charge >= 0.3 is 0 Å². The van der Waals surface area contributed by atoms with Crippen molar-refractivity contribution in [3.8, 4) is 0 Å². The second-order valence-corrected chi connectivity index (χ2v) is 9.35. The zero-order valence-electron chi connectivity index (χ0n) is 16.9. The molecule has 0 aliphatic carbocycles. The van der Waals surface area contributed by atoms with Gasteiger partial charge in [-0.1, -0.05) is 32.4 Å². The third kappa shape index (κ3) is 7.71. The molecule has 2 rings (SSSR count). The Labute approximate surface area is 163 Å². The molecule has 3 nitrogen and oxygen atoms in total. The summed E-state index contributed by atoms with van der Waals surface area (Å²) in [5.41, 5.74) is 2.69. The first-order valence-corrected chi connectivity index (χ1v) is 11.1. The molecule has 0 radical (unpaired) electrons. The number of hydrogen-bond donors (Lipinski definition) is 0. The van der Waals surface area contributed by atoms with Crippen molar-refractivity contribution in [1.29, 1.82) is 0 Å². The number of benzene rings is 1. The average Bonchev–Trinajstić information content (AvgIpc) is 2.59. The summed E-state index contributed by atoms with van der Waals surface area (Å²) in [6, 6.07) is 8.99. The summed E-state index contributed by atoms with van der Waals surface area (Å²) >= 11 is 1.75. The second kappa shape index (κ2) is 11.0. The van der Waals surface area contributed by atoms with Crippen LogP contribution in [0.4, 0.5) is 5.69 Å². The van der Waals surface area contributed by atoms with E-state index in [2.05, 4.69) is 56.9 Å². The minimum atomic E-state index is 0.292. The molecule has 0 N–H and O–H groups in total. The first kappa shape index (κ1) is 21.3. The molecule has 1 aliphatic heterocycles. The molecular formula is C22H35NO2S. The molecule has 146 valence electrons. The van der Waals surface area contributed by atoms with Crippen molar-refractivity contribution >= 4 is 23.2 Å². The van der Waals surface area contributed by atoms with E-state index in [1.807, 2.05) is 0 Å². The number of nitrogens with zero attached hydrogens (tertiary/aromatic N) is 1. The standard InChI is InChI=1S/C22H35NO2S/c1-17(2)26-16-22(24)9-7-5-6-8-20-10-12-21(13-11-20)23-14-18(3)25-19(4)15-23/h10-13,17-19H,5-9,14-16H2,1-4H3/t18-,19+. The Morgan fingerprint density at radius 3 is 2.38 bits per heavy atom. The fraction of sp³-hybridized carbons (Fsp3) is 0.682. The summed E-state index contributed by atoms with van der Waals surface area (Å²) in [7, 11) is 0. The fourth-order valence-corrected chi connectivity index (χ4v) is 4.09. The van der Waals surface area contributed by atoms with E-state index >= 15 is 0 Å². The van der Waals surface area contributed by atoms with E-state index in [1.165, 1.54) is 11.3 Å². The van der Waals surface area contributed by atoms with Gasteiger partial charge in [0.15, 0.2) is 0 Å². The average molecular weight is 378 g/mol. The first-order chi connectivity index (χ1) is 12.4. The van der Waals surface area contributed by atoms with Crippen LogP contribution in [0.25, 0.3) is 0 Å². The summed E-state index contributed by atoms with van der Waals surface area (Å²) in [4.78, 5) is 14.2. The van der Waals surface area contributed by atoms with Gasteiger partial charge in [0.2, 0.25) is 0 Å². The number of carbonyl (C=O) groups excluding carboxylic acids is 1. The minimum Gasteiger partial charge on any atom is -0.372 e. The van der Waals surface area contributed by atoms with Gasteiger partial charge in [0.25, 0.3) is 0 Å². The number of aryl methyl sites for hydroxylation is 1. The molecule has 1 fully saturated rings. The van der Waals surface area contributed by atoms with E-state index < -0.39 is 0 Å². The summed E-state index contributed by atoms with van der Waals surface area (Å²) in [6.07, 6.45) is 5.75. The van der Waals surface area contributed by atoms with Gasteiger partial charge in [0.1, 0.15) is 5.78 Å². The normalized spacial score (nSPS) is 20.6. The fourth-order valence-electron chi connectivity index (χ4n) is 3.42. The van der Waals surface area contributed by atoms with Crippen LogP contribution in [-0.2, 0) is 16.0 Å². The Morgan fingerprint density at radius 1 is 1.12 bits per heavy atom. The molecule has 4 heteroatoms. The Kier molecular flexibility index (Phi) is 9.00. The third-order valence-electron chi connectivity index (χ3n) is 4.72. The third-order valence-corrected chi connectivity index (χ3v) is 5.88. The highest BCUT2D eigenvalue weighted by Gasteiger charge is 2.22. The molecule has 0 saturated carbocycles. The van der Waals surface area contributed by atoms with Crippen LogP contribution in [0.2, 0.25) is 0 Å². The number of ether oxygens (including phenoxy) is 1. The predicted octanol–water partition coefficient (Wildman–Crippen LogP) is 5.11. The topological polar surface area (TPSA) is 29.5 Å². The highest BCUT2D eigenvalue weighted by molar-refractivity contribution is 8.00. The zero-order chi connectivity index (χ0) is 18.9. The Morgan fingerprint density at radius 2 is 1.77 bits per heavy atom. The maximum atomic E-state index is 11.8. The lowest BCUT2D eigenvalue weighted by Crippen LogP contribution is -2.45. The summed E-state index contributed by atoms with van der Waals surface area (Å²) in [5, 5.41) is 0.547. The van der Waals surface area contributed by atoms with Crippen LogP contribution < -0.4 is 4.90 Å². The highest BCUT2D eigenvalue weighted by Crippen LogP contribution is 2.21. The highest BCUT2D eigenvalue weighted by atomic mass is 32.2. The van der Waals surface area contributed by atoms with Crippen LogP contribution in [-0.4, -0.2) is 42.1 Å². The van der Waals surface area contributed by atoms with Gasteiger partial charge in [-0.25, -0.2) is 0 Å². The number of morpholine rings is 1. The van der Waals surface area contributed by atoms with Crippen molar-refractivity contribution in [3.05, 3.63) is 29.8 Å². The van der Waals surface area contributed by atoms with Crippen LogP contribution in [0.1, 0.15) is 58.9 Å². The monoisotopic (exact) mass is 377 g/mol. The van der Waals surface area contributed by atoms with Crippen molar-refractivity contribution in [1.82, 2.24) is 0 Å². The van der Waals surface area contributed by atoms with Crippen LogP contribution in [0.5, 0.6) is 0 Å². The molecule has 1 aromatic carbocycles. The summed E-state index contributed by atoms with van der Waals surface area (Å²) < 4.78 is 5.81. The lowest BCUT2D eigenvalue weighted by Gasteiger charge is -2.36. The van der Waals surface area contributed by atoms with Crippen molar-refractivity contribution in [2.24, 2.45) is 0 Å². The molecule has 2 atom stereocenters. The van der Waals surface area contributed by atoms with Crippen LogP contribution in [0.3, 0.4) is 0 Å². The number of carbonyl (C=O) groups is 1. The SMILES string of the molecule is CC(C)SCC(=O)CCCCCc1ccc(N2C[C@@H](C)O[C@@H](C)C2)cc1. The molecule has 26 heavy (non-hydrogen) atoms. The van der Waals surface area contributed by atoms with Gasteiger partial charge in [-0.3, -0.25) is 4.79 Å². The van der Waals surface area contributed by atoms with Crippen LogP contribution >= 0.6 is 11.8 Å². The maximum absolute atomic E-state index is 11.8. The largest absolute Gasteiger partial charge is 0.372 e. The Balaban J connectivity index is 1.65. The van der Waals surface area contributed by atoms with Crippen LogP contribution in [0, 0.1) is 0 Å². The van der Waals surface area contributed by atoms with Gasteiger partial charge < -0.3 is 9.64 Å². The predicted molar refractivity (Wildman–Crippen MR) is 113 cm³/mol. The smallest absolute Gasteiger partial charge is 0.142 e. The van der Waals surface area contributed by atoms with Crippen molar-refractivity contribution in [3.63, 3.8) is 0 Å². The number of thioether (sulfide) groups is 1. The van der Waals surface area contributed by atoms with Gasteiger partial charge in [-0.05, 0) is 56.1 Å². The van der Waals surface area contributed by atoms with Gasteiger partial charge in [0, 0.05) is 25.2 Å². The van der Waals surface area contributed by atoms with E-state index in [-0.39, 0.29) is 0 Å². The summed E-state index contributed by atoms with van der Waals surface area (Å²) in [5.74, 6) is 1.08. The molecule has 1 heterocycles. The molecule has 0 unspecified atom stereocenters. The van der Waals surface area contributed by atoms with Crippen molar-refractivity contribution in [2.75, 3.05) is 23.7 Å². The number of unbranched alkanes of at least 4 members (excludes halogenated alkanes) is 2. The molecule has 0 amide bonds. The molecule has 1 aliphatic rings. The van der Waals surface area contributed by atoms with Crippen LogP contribution in [0.15, 0.2) is 24.3 Å². The molecule has 1 saturated heterocycles. The second-order valence-electron chi connectivity index (χ2n) is 7.79. The quantitative estimate of drug-likeness (QED) is 0.530. The number of Topliss-reactive ketones (excluding diaryl/α,β-unsaturated/α-hetero) is 1. The Bertz CT molecular complexity index is 534. The number of hydrogen-bond acceptors (Lipinski definition) is 4. The lowest BCUT2D eigenvalue weighted by molar-refractivity contribution is -0.116. The van der Waals surface area contributed by atoms with Gasteiger partial charge in [-0.2, -0.15) is 11.8 Å². The molecule has 0 aromatic heterocycles. The first-order valence-electron chi connectivity index (χ1n) is 10.1. The molecule has 0 bridgehead atoms. The summed E-state index contributed by atoms with van der Waals surface area (Å²) in [6.45, 7) is 10.5. The maximum Gasteiger partial charge on any atom is 0.142 e. The molecule has 1 aromatic rings. The molecular weight excluding hydrogens is 342 g/mol. The van der Waals surface area contributed by atoms with Crippen molar-refractivity contribution in [2.45, 2.75) is 77.3 Å².